The van der Waals surface area contributed by atoms with E-state index < -0.39 is 0 Å². The third-order valence-electron chi connectivity index (χ3n) is 3.19. The number of ether oxygens (including phenoxy) is 1. The van der Waals surface area contributed by atoms with Gasteiger partial charge < -0.3 is 15.0 Å². The third kappa shape index (κ3) is 3.31. The molecule has 1 fully saturated rings. The standard InChI is InChI=1S/C14H20N2O2/c1-15-10-13-11-18-8-7-16(13)14(17)9-12-5-3-2-4-6-12/h2-6,13,15H,7-11H2,1H3. The minimum absolute atomic E-state index is 0.153. The minimum Gasteiger partial charge on any atom is -0.377 e. The van der Waals surface area contributed by atoms with Gasteiger partial charge in [0.25, 0.3) is 0 Å². The van der Waals surface area contributed by atoms with Gasteiger partial charge >= 0.3 is 0 Å². The van der Waals surface area contributed by atoms with Crippen molar-refractivity contribution in [2.45, 2.75) is 12.5 Å². The van der Waals surface area contributed by atoms with Crippen LogP contribution in [-0.2, 0) is 16.0 Å². The van der Waals surface area contributed by atoms with Crippen LogP contribution in [0.4, 0.5) is 0 Å². The van der Waals surface area contributed by atoms with Gasteiger partial charge in [0.2, 0.25) is 5.91 Å². The number of nitrogens with zero attached hydrogens (tertiary/aromatic N) is 1. The molecule has 0 aromatic heterocycles. The fourth-order valence-electron chi connectivity index (χ4n) is 2.26. The normalized spacial score (nSPS) is 19.8. The molecule has 1 aliphatic heterocycles. The Balaban J connectivity index is 1.98. The quantitative estimate of drug-likeness (QED) is 0.852. The van der Waals surface area contributed by atoms with Gasteiger partial charge in [-0.3, -0.25) is 4.79 Å². The third-order valence-corrected chi connectivity index (χ3v) is 3.19. The molecule has 1 saturated heterocycles. The van der Waals surface area contributed by atoms with Crippen molar-refractivity contribution in [2.24, 2.45) is 0 Å². The van der Waals surface area contributed by atoms with Crippen molar-refractivity contribution < 1.29 is 9.53 Å². The van der Waals surface area contributed by atoms with Gasteiger partial charge in [0, 0.05) is 13.1 Å². The number of hydrogen-bond donors (Lipinski definition) is 1. The van der Waals surface area contributed by atoms with Gasteiger partial charge in [-0.2, -0.15) is 0 Å². The Morgan fingerprint density at radius 1 is 1.44 bits per heavy atom. The Morgan fingerprint density at radius 3 is 2.94 bits per heavy atom. The summed E-state index contributed by atoms with van der Waals surface area (Å²) in [6, 6.07) is 10.0. The van der Waals surface area contributed by atoms with E-state index in [4.69, 9.17) is 4.74 Å². The summed E-state index contributed by atoms with van der Waals surface area (Å²) in [5.41, 5.74) is 1.07. The van der Waals surface area contributed by atoms with Crippen LogP contribution in [0.15, 0.2) is 30.3 Å². The first kappa shape index (κ1) is 13.1. The van der Waals surface area contributed by atoms with Gasteiger partial charge in [-0.25, -0.2) is 0 Å². The van der Waals surface area contributed by atoms with Crippen molar-refractivity contribution in [1.29, 1.82) is 0 Å². The van der Waals surface area contributed by atoms with Gasteiger partial charge in [0.05, 0.1) is 25.7 Å². The molecule has 0 bridgehead atoms. The van der Waals surface area contributed by atoms with Gasteiger partial charge in [-0.05, 0) is 12.6 Å². The maximum Gasteiger partial charge on any atom is 0.227 e. The van der Waals surface area contributed by atoms with Gasteiger partial charge in [-0.15, -0.1) is 0 Å². The van der Waals surface area contributed by atoms with Crippen LogP contribution in [-0.4, -0.2) is 50.2 Å². The van der Waals surface area contributed by atoms with E-state index in [0.29, 0.717) is 26.2 Å². The van der Waals surface area contributed by atoms with Gasteiger partial charge in [-0.1, -0.05) is 30.3 Å². The molecule has 1 N–H and O–H groups in total. The van der Waals surface area contributed by atoms with Crippen molar-refractivity contribution >= 4 is 5.91 Å². The molecule has 1 aliphatic rings. The summed E-state index contributed by atoms with van der Waals surface area (Å²) in [7, 11) is 1.90. The zero-order valence-corrected chi connectivity index (χ0v) is 10.8. The largest absolute Gasteiger partial charge is 0.377 e. The fraction of sp³-hybridized carbons (Fsp3) is 0.500. The molecule has 4 nitrogen and oxygen atoms in total. The number of carbonyl (C=O) groups excluding carboxylic acids is 1. The summed E-state index contributed by atoms with van der Waals surface area (Å²) in [4.78, 5) is 14.2. The number of rotatable bonds is 4. The zero-order valence-electron chi connectivity index (χ0n) is 10.8. The Bertz CT molecular complexity index is 379. The molecule has 4 heteroatoms. The average molecular weight is 248 g/mol. The summed E-state index contributed by atoms with van der Waals surface area (Å²) >= 11 is 0. The highest BCUT2D eigenvalue weighted by Crippen LogP contribution is 2.10. The predicted octanol–water partition coefficient (Wildman–Crippen LogP) is 0.676. The smallest absolute Gasteiger partial charge is 0.227 e. The Labute approximate surface area is 108 Å². The first-order valence-electron chi connectivity index (χ1n) is 6.37. The van der Waals surface area contributed by atoms with Crippen molar-refractivity contribution in [3.8, 4) is 0 Å². The monoisotopic (exact) mass is 248 g/mol. The summed E-state index contributed by atoms with van der Waals surface area (Å²) in [6.07, 6.45) is 0.473. The van der Waals surface area contributed by atoms with Crippen LogP contribution in [0.3, 0.4) is 0 Å². The Kier molecular flexibility index (Phi) is 4.73. The topological polar surface area (TPSA) is 41.6 Å². The molecule has 2 rings (SSSR count). The minimum atomic E-state index is 0.153. The van der Waals surface area contributed by atoms with E-state index in [-0.39, 0.29) is 11.9 Å². The molecule has 0 spiro atoms. The molecule has 0 saturated carbocycles. The Morgan fingerprint density at radius 2 is 2.22 bits per heavy atom. The maximum atomic E-state index is 12.3. The molecule has 1 aromatic carbocycles. The van der Waals surface area contributed by atoms with Crippen molar-refractivity contribution in [1.82, 2.24) is 10.2 Å². The second-order valence-electron chi connectivity index (χ2n) is 4.54. The second kappa shape index (κ2) is 6.52. The SMILES string of the molecule is CNCC1COCCN1C(=O)Cc1ccccc1. The number of nitrogens with one attached hydrogen (secondary N) is 1. The van der Waals surface area contributed by atoms with E-state index in [2.05, 4.69) is 5.32 Å². The maximum absolute atomic E-state index is 12.3. The van der Waals surface area contributed by atoms with Crippen LogP contribution in [0.2, 0.25) is 0 Å². The molecule has 98 valence electrons. The molecule has 0 aliphatic carbocycles. The number of hydrogen-bond acceptors (Lipinski definition) is 3. The lowest BCUT2D eigenvalue weighted by atomic mass is 10.1. The number of benzene rings is 1. The summed E-state index contributed by atoms with van der Waals surface area (Å²) in [5, 5.41) is 3.11. The molecule has 1 atom stereocenters. The summed E-state index contributed by atoms with van der Waals surface area (Å²) < 4.78 is 5.43. The van der Waals surface area contributed by atoms with Crippen molar-refractivity contribution in [3.63, 3.8) is 0 Å². The second-order valence-corrected chi connectivity index (χ2v) is 4.54. The van der Waals surface area contributed by atoms with Crippen LogP contribution in [0, 0.1) is 0 Å². The van der Waals surface area contributed by atoms with E-state index in [1.54, 1.807) is 0 Å². The molecule has 0 radical (unpaired) electrons. The van der Waals surface area contributed by atoms with E-state index in [9.17, 15) is 4.79 Å². The molecule has 18 heavy (non-hydrogen) atoms. The molecular formula is C14H20N2O2. The van der Waals surface area contributed by atoms with Crippen LogP contribution in [0.25, 0.3) is 0 Å². The van der Waals surface area contributed by atoms with E-state index in [0.717, 1.165) is 12.1 Å². The summed E-state index contributed by atoms with van der Waals surface area (Å²) in [5.74, 6) is 0.185. The summed E-state index contributed by atoms with van der Waals surface area (Å²) in [6.45, 7) is 2.74. The first-order chi connectivity index (χ1) is 8.81. The molecule has 1 unspecified atom stereocenters. The van der Waals surface area contributed by atoms with Crippen LogP contribution in [0.1, 0.15) is 5.56 Å². The van der Waals surface area contributed by atoms with Crippen molar-refractivity contribution in [3.05, 3.63) is 35.9 Å². The zero-order chi connectivity index (χ0) is 12.8. The van der Waals surface area contributed by atoms with E-state index >= 15 is 0 Å². The average Bonchev–Trinajstić information content (AvgIpc) is 2.41. The highest BCUT2D eigenvalue weighted by atomic mass is 16.5. The first-order valence-corrected chi connectivity index (χ1v) is 6.37. The lowest BCUT2D eigenvalue weighted by molar-refractivity contribution is -0.138. The van der Waals surface area contributed by atoms with Crippen LogP contribution >= 0.6 is 0 Å². The van der Waals surface area contributed by atoms with Gasteiger partial charge in [0.15, 0.2) is 0 Å². The van der Waals surface area contributed by atoms with E-state index in [1.165, 1.54) is 0 Å². The lowest BCUT2D eigenvalue weighted by Gasteiger charge is -2.35. The van der Waals surface area contributed by atoms with Gasteiger partial charge in [0.1, 0.15) is 0 Å². The van der Waals surface area contributed by atoms with E-state index in [1.807, 2.05) is 42.3 Å². The fourth-order valence-corrected chi connectivity index (χ4v) is 2.26. The molecule has 1 aromatic rings. The Hall–Kier alpha value is -1.39. The molecular weight excluding hydrogens is 228 g/mol. The molecule has 1 amide bonds. The highest BCUT2D eigenvalue weighted by molar-refractivity contribution is 5.79. The number of carbonyl (C=O) groups is 1. The highest BCUT2D eigenvalue weighted by Gasteiger charge is 2.26. The lowest BCUT2D eigenvalue weighted by Crippen LogP contribution is -2.52. The van der Waals surface area contributed by atoms with Crippen LogP contribution < -0.4 is 5.32 Å². The molecule has 1 heterocycles. The van der Waals surface area contributed by atoms with Crippen molar-refractivity contribution in [2.75, 3.05) is 33.4 Å². The van der Waals surface area contributed by atoms with Crippen LogP contribution in [0.5, 0.6) is 0 Å². The number of morpholine rings is 1. The number of likely N-dealkylation sites (N-methyl/N-ethyl adjacent to an activating group) is 1. The predicted molar refractivity (Wildman–Crippen MR) is 70.4 cm³/mol. The number of amides is 1.